The molecule has 0 aliphatic heterocycles. The van der Waals surface area contributed by atoms with Gasteiger partial charge in [-0.15, -0.1) is 0 Å². The Labute approximate surface area is 167 Å². The SMILES string of the molecule is O=C(N[C@@H](C(=O)Nc1cccc(Cl)c1)c1ccc(Cl)cc1)c1ccccc1. The minimum atomic E-state index is -0.894. The van der Waals surface area contributed by atoms with Crippen molar-refractivity contribution in [1.29, 1.82) is 0 Å². The predicted octanol–water partition coefficient (Wildman–Crippen LogP) is 5.10. The zero-order valence-corrected chi connectivity index (χ0v) is 15.7. The van der Waals surface area contributed by atoms with Crippen LogP contribution in [0, 0.1) is 0 Å². The fourth-order valence-corrected chi connectivity index (χ4v) is 2.86. The molecule has 0 heterocycles. The van der Waals surface area contributed by atoms with Gasteiger partial charge in [-0.3, -0.25) is 9.59 Å². The van der Waals surface area contributed by atoms with E-state index in [9.17, 15) is 9.59 Å². The summed E-state index contributed by atoms with van der Waals surface area (Å²) in [6.45, 7) is 0. The summed E-state index contributed by atoms with van der Waals surface area (Å²) >= 11 is 11.9. The molecule has 6 heteroatoms. The second kappa shape index (κ2) is 8.71. The Bertz CT molecular complexity index is 944. The quantitative estimate of drug-likeness (QED) is 0.627. The van der Waals surface area contributed by atoms with Crippen LogP contribution in [0.15, 0.2) is 78.9 Å². The van der Waals surface area contributed by atoms with Gasteiger partial charge in [0.25, 0.3) is 11.8 Å². The van der Waals surface area contributed by atoms with Gasteiger partial charge in [-0.05, 0) is 48.0 Å². The van der Waals surface area contributed by atoms with Crippen LogP contribution in [0.5, 0.6) is 0 Å². The average molecular weight is 399 g/mol. The fraction of sp³-hybridized carbons (Fsp3) is 0.0476. The number of hydrogen-bond donors (Lipinski definition) is 2. The average Bonchev–Trinajstić information content (AvgIpc) is 2.67. The van der Waals surface area contributed by atoms with E-state index >= 15 is 0 Å². The van der Waals surface area contributed by atoms with Gasteiger partial charge in [0.2, 0.25) is 0 Å². The number of anilines is 1. The zero-order chi connectivity index (χ0) is 19.2. The lowest BCUT2D eigenvalue weighted by Gasteiger charge is -2.19. The third-order valence-corrected chi connectivity index (χ3v) is 4.36. The van der Waals surface area contributed by atoms with Crippen molar-refractivity contribution in [2.75, 3.05) is 5.32 Å². The Hall–Kier alpha value is -2.82. The van der Waals surface area contributed by atoms with Crippen molar-refractivity contribution >= 4 is 40.7 Å². The van der Waals surface area contributed by atoms with E-state index in [0.717, 1.165) is 0 Å². The number of benzene rings is 3. The van der Waals surface area contributed by atoms with E-state index in [1.807, 2.05) is 6.07 Å². The van der Waals surface area contributed by atoms with Gasteiger partial charge in [-0.2, -0.15) is 0 Å². The Kier molecular flexibility index (Phi) is 6.12. The maximum absolute atomic E-state index is 12.9. The highest BCUT2D eigenvalue weighted by molar-refractivity contribution is 6.31. The van der Waals surface area contributed by atoms with Gasteiger partial charge in [0.05, 0.1) is 0 Å². The highest BCUT2D eigenvalue weighted by atomic mass is 35.5. The van der Waals surface area contributed by atoms with Gasteiger partial charge in [0.15, 0.2) is 0 Å². The summed E-state index contributed by atoms with van der Waals surface area (Å²) in [5.41, 5.74) is 1.62. The van der Waals surface area contributed by atoms with Crippen LogP contribution < -0.4 is 10.6 Å². The molecule has 0 aromatic heterocycles. The third-order valence-electron chi connectivity index (χ3n) is 3.87. The molecule has 0 bridgehead atoms. The Morgan fingerprint density at radius 3 is 2.15 bits per heavy atom. The molecule has 0 unspecified atom stereocenters. The van der Waals surface area contributed by atoms with Crippen molar-refractivity contribution in [3.63, 3.8) is 0 Å². The van der Waals surface area contributed by atoms with Crippen LogP contribution in [0.25, 0.3) is 0 Å². The number of halogens is 2. The molecule has 0 saturated carbocycles. The molecular formula is C21H16Cl2N2O2. The van der Waals surface area contributed by atoms with Crippen LogP contribution in [0.1, 0.15) is 22.0 Å². The third kappa shape index (κ3) is 5.09. The summed E-state index contributed by atoms with van der Waals surface area (Å²) in [5, 5.41) is 6.61. The van der Waals surface area contributed by atoms with Crippen LogP contribution >= 0.6 is 23.2 Å². The second-order valence-electron chi connectivity index (χ2n) is 5.82. The van der Waals surface area contributed by atoms with Gasteiger partial charge < -0.3 is 10.6 Å². The summed E-state index contributed by atoms with van der Waals surface area (Å²) in [7, 11) is 0. The highest BCUT2D eigenvalue weighted by Gasteiger charge is 2.23. The highest BCUT2D eigenvalue weighted by Crippen LogP contribution is 2.21. The Morgan fingerprint density at radius 2 is 1.48 bits per heavy atom. The van der Waals surface area contributed by atoms with E-state index in [2.05, 4.69) is 10.6 Å². The number of carbonyl (C=O) groups excluding carboxylic acids is 2. The van der Waals surface area contributed by atoms with Crippen molar-refractivity contribution in [3.05, 3.63) is 100 Å². The van der Waals surface area contributed by atoms with Crippen LogP contribution in [-0.2, 0) is 4.79 Å². The lowest BCUT2D eigenvalue weighted by atomic mass is 10.0. The summed E-state index contributed by atoms with van der Waals surface area (Å²) in [4.78, 5) is 25.4. The number of nitrogens with one attached hydrogen (secondary N) is 2. The summed E-state index contributed by atoms with van der Waals surface area (Å²) in [5.74, 6) is -0.735. The maximum Gasteiger partial charge on any atom is 0.252 e. The molecule has 3 aromatic carbocycles. The molecule has 27 heavy (non-hydrogen) atoms. The molecule has 0 saturated heterocycles. The van der Waals surface area contributed by atoms with Gasteiger partial charge >= 0.3 is 0 Å². The molecule has 1 atom stereocenters. The molecule has 0 fully saturated rings. The molecule has 2 amide bonds. The standard InChI is InChI=1S/C21H16Cl2N2O2/c22-16-11-9-14(10-12-16)19(25-20(26)15-5-2-1-3-6-15)21(27)24-18-8-4-7-17(23)13-18/h1-13,19H,(H,24,27)(H,25,26)/t19-/m1/s1. The molecule has 0 spiro atoms. The van der Waals surface area contributed by atoms with Crippen molar-refractivity contribution < 1.29 is 9.59 Å². The minimum absolute atomic E-state index is 0.350. The first kappa shape index (κ1) is 19.0. The molecular weight excluding hydrogens is 383 g/mol. The van der Waals surface area contributed by atoms with Crippen molar-refractivity contribution in [2.24, 2.45) is 0 Å². The molecule has 0 aliphatic carbocycles. The predicted molar refractivity (Wildman–Crippen MR) is 108 cm³/mol. The lowest BCUT2D eigenvalue weighted by molar-refractivity contribution is -0.118. The van der Waals surface area contributed by atoms with Crippen molar-refractivity contribution in [1.82, 2.24) is 5.32 Å². The van der Waals surface area contributed by atoms with E-state index in [1.54, 1.807) is 72.8 Å². The summed E-state index contributed by atoms with van der Waals surface area (Å²) < 4.78 is 0. The van der Waals surface area contributed by atoms with E-state index in [0.29, 0.717) is 26.9 Å². The summed E-state index contributed by atoms with van der Waals surface area (Å²) in [6.07, 6.45) is 0. The monoisotopic (exact) mass is 398 g/mol. The molecule has 136 valence electrons. The van der Waals surface area contributed by atoms with Crippen molar-refractivity contribution in [3.8, 4) is 0 Å². The molecule has 3 aromatic rings. The number of carbonyl (C=O) groups is 2. The van der Waals surface area contributed by atoms with Crippen LogP contribution in [0.4, 0.5) is 5.69 Å². The lowest BCUT2D eigenvalue weighted by Crippen LogP contribution is -2.37. The first-order chi connectivity index (χ1) is 13.0. The zero-order valence-electron chi connectivity index (χ0n) is 14.2. The number of rotatable bonds is 5. The smallest absolute Gasteiger partial charge is 0.252 e. The summed E-state index contributed by atoms with van der Waals surface area (Å²) in [6, 6.07) is 21.4. The van der Waals surface area contributed by atoms with Gasteiger partial charge in [-0.1, -0.05) is 59.6 Å². The second-order valence-corrected chi connectivity index (χ2v) is 6.70. The first-order valence-corrected chi connectivity index (χ1v) is 8.96. The molecule has 0 radical (unpaired) electrons. The van der Waals surface area contributed by atoms with Gasteiger partial charge in [-0.25, -0.2) is 0 Å². The van der Waals surface area contributed by atoms with Crippen LogP contribution in [-0.4, -0.2) is 11.8 Å². The number of hydrogen-bond acceptors (Lipinski definition) is 2. The van der Waals surface area contributed by atoms with Gasteiger partial charge in [0, 0.05) is 21.3 Å². The van der Waals surface area contributed by atoms with Crippen LogP contribution in [0.2, 0.25) is 10.0 Å². The van der Waals surface area contributed by atoms with E-state index < -0.39 is 6.04 Å². The van der Waals surface area contributed by atoms with Crippen molar-refractivity contribution in [2.45, 2.75) is 6.04 Å². The topological polar surface area (TPSA) is 58.2 Å². The minimum Gasteiger partial charge on any atom is -0.336 e. The van der Waals surface area contributed by atoms with E-state index in [-0.39, 0.29) is 11.8 Å². The largest absolute Gasteiger partial charge is 0.336 e. The fourth-order valence-electron chi connectivity index (χ4n) is 2.54. The van der Waals surface area contributed by atoms with E-state index in [4.69, 9.17) is 23.2 Å². The molecule has 0 aliphatic rings. The molecule has 2 N–H and O–H groups in total. The maximum atomic E-state index is 12.9. The Morgan fingerprint density at radius 1 is 0.778 bits per heavy atom. The van der Waals surface area contributed by atoms with Gasteiger partial charge in [0.1, 0.15) is 6.04 Å². The first-order valence-electron chi connectivity index (χ1n) is 8.21. The normalized spacial score (nSPS) is 11.5. The number of amides is 2. The van der Waals surface area contributed by atoms with E-state index in [1.165, 1.54) is 0 Å². The van der Waals surface area contributed by atoms with Crippen LogP contribution in [0.3, 0.4) is 0 Å². The molecule has 4 nitrogen and oxygen atoms in total. The Balaban J connectivity index is 1.86. The molecule has 3 rings (SSSR count).